The predicted octanol–water partition coefficient (Wildman–Crippen LogP) is 0.183. The van der Waals surface area contributed by atoms with Gasteiger partial charge in [0.15, 0.2) is 0 Å². The molecule has 15 heavy (non-hydrogen) atoms. The van der Waals surface area contributed by atoms with Crippen LogP contribution < -0.4 is 11.1 Å². The molecule has 3 N–H and O–H groups in total. The number of rotatable bonds is 6. The maximum absolute atomic E-state index is 11.8. The van der Waals surface area contributed by atoms with Crippen molar-refractivity contribution in [3.8, 4) is 0 Å². The van der Waals surface area contributed by atoms with E-state index >= 15 is 0 Å². The zero-order chi connectivity index (χ0) is 11.3. The van der Waals surface area contributed by atoms with Gasteiger partial charge in [-0.3, -0.25) is 4.79 Å². The van der Waals surface area contributed by atoms with Crippen LogP contribution >= 0.6 is 0 Å². The van der Waals surface area contributed by atoms with Crippen LogP contribution in [0.4, 0.5) is 0 Å². The zero-order valence-corrected chi connectivity index (χ0v) is 9.88. The van der Waals surface area contributed by atoms with E-state index in [1.807, 2.05) is 14.1 Å². The van der Waals surface area contributed by atoms with Crippen molar-refractivity contribution in [2.45, 2.75) is 25.7 Å². The molecule has 1 saturated carbocycles. The van der Waals surface area contributed by atoms with Gasteiger partial charge in [0.05, 0.1) is 5.41 Å². The Labute approximate surface area is 92.2 Å². The molecule has 0 bridgehead atoms. The van der Waals surface area contributed by atoms with Crippen molar-refractivity contribution >= 4 is 5.91 Å². The van der Waals surface area contributed by atoms with E-state index < -0.39 is 0 Å². The summed E-state index contributed by atoms with van der Waals surface area (Å²) in [5.74, 6) is 0.162. The average molecular weight is 213 g/mol. The quantitative estimate of drug-likeness (QED) is 0.619. The second kappa shape index (κ2) is 5.47. The highest BCUT2D eigenvalue weighted by Crippen LogP contribution is 2.39. The first kappa shape index (κ1) is 12.5. The molecule has 1 amide bonds. The fraction of sp³-hybridized carbons (Fsp3) is 0.909. The van der Waals surface area contributed by atoms with Crippen molar-refractivity contribution < 1.29 is 4.79 Å². The van der Waals surface area contributed by atoms with E-state index in [4.69, 9.17) is 5.73 Å². The highest BCUT2D eigenvalue weighted by molar-refractivity contribution is 5.83. The van der Waals surface area contributed by atoms with Crippen LogP contribution in [-0.2, 0) is 4.79 Å². The Kier molecular flexibility index (Phi) is 4.54. The molecule has 0 radical (unpaired) electrons. The fourth-order valence-corrected chi connectivity index (χ4v) is 1.91. The van der Waals surface area contributed by atoms with Crippen molar-refractivity contribution in [2.24, 2.45) is 11.1 Å². The van der Waals surface area contributed by atoms with Gasteiger partial charge in [0.1, 0.15) is 0 Å². The maximum atomic E-state index is 11.8. The van der Waals surface area contributed by atoms with Crippen LogP contribution in [0.25, 0.3) is 0 Å². The summed E-state index contributed by atoms with van der Waals surface area (Å²) >= 11 is 0. The molecule has 1 fully saturated rings. The van der Waals surface area contributed by atoms with Crippen molar-refractivity contribution in [1.82, 2.24) is 10.2 Å². The molecule has 1 aliphatic carbocycles. The van der Waals surface area contributed by atoms with Gasteiger partial charge in [-0.1, -0.05) is 6.42 Å². The highest BCUT2D eigenvalue weighted by atomic mass is 16.2. The first-order valence-corrected chi connectivity index (χ1v) is 5.74. The van der Waals surface area contributed by atoms with E-state index in [1.165, 1.54) is 0 Å². The van der Waals surface area contributed by atoms with Gasteiger partial charge in [-0.05, 0) is 39.9 Å². The van der Waals surface area contributed by atoms with Crippen molar-refractivity contribution in [3.05, 3.63) is 0 Å². The fourth-order valence-electron chi connectivity index (χ4n) is 1.91. The van der Waals surface area contributed by atoms with Gasteiger partial charge in [0, 0.05) is 13.1 Å². The van der Waals surface area contributed by atoms with Crippen LogP contribution in [-0.4, -0.2) is 44.5 Å². The molecule has 0 aliphatic heterocycles. The largest absolute Gasteiger partial charge is 0.356 e. The van der Waals surface area contributed by atoms with Gasteiger partial charge in [-0.2, -0.15) is 0 Å². The van der Waals surface area contributed by atoms with Gasteiger partial charge >= 0.3 is 0 Å². The Morgan fingerprint density at radius 1 is 1.47 bits per heavy atom. The molecule has 1 rings (SSSR count). The number of carbonyl (C=O) groups excluding carboxylic acids is 1. The standard InChI is InChI=1S/C11H23N3O/c1-14(2)8-4-7-13-10(15)11(9-12)5-3-6-11/h3-9,12H2,1-2H3,(H,13,15). The van der Waals surface area contributed by atoms with Crippen molar-refractivity contribution in [3.63, 3.8) is 0 Å². The van der Waals surface area contributed by atoms with Gasteiger partial charge in [-0.15, -0.1) is 0 Å². The SMILES string of the molecule is CN(C)CCCNC(=O)C1(CN)CCC1. The summed E-state index contributed by atoms with van der Waals surface area (Å²) in [6.45, 7) is 2.27. The van der Waals surface area contributed by atoms with Crippen LogP contribution in [0.2, 0.25) is 0 Å². The van der Waals surface area contributed by atoms with Crippen LogP contribution in [0.15, 0.2) is 0 Å². The number of hydrogen-bond donors (Lipinski definition) is 2. The number of hydrogen-bond acceptors (Lipinski definition) is 3. The number of carbonyl (C=O) groups is 1. The molecule has 4 nitrogen and oxygen atoms in total. The first-order valence-electron chi connectivity index (χ1n) is 5.74. The smallest absolute Gasteiger partial charge is 0.227 e. The van der Waals surface area contributed by atoms with Gasteiger partial charge < -0.3 is 16.0 Å². The summed E-state index contributed by atoms with van der Waals surface area (Å²) in [6, 6.07) is 0. The minimum Gasteiger partial charge on any atom is -0.356 e. The number of nitrogens with one attached hydrogen (secondary N) is 1. The topological polar surface area (TPSA) is 58.4 Å². The second-order valence-corrected chi connectivity index (χ2v) is 4.75. The molecule has 0 saturated heterocycles. The van der Waals surface area contributed by atoms with Crippen LogP contribution in [0.5, 0.6) is 0 Å². The molecule has 88 valence electrons. The summed E-state index contributed by atoms with van der Waals surface area (Å²) in [5.41, 5.74) is 5.43. The molecular weight excluding hydrogens is 190 g/mol. The van der Waals surface area contributed by atoms with Crippen LogP contribution in [0.3, 0.4) is 0 Å². The summed E-state index contributed by atoms with van der Waals surface area (Å²) in [6.07, 6.45) is 4.06. The van der Waals surface area contributed by atoms with Gasteiger partial charge in [0.2, 0.25) is 5.91 Å². The lowest BCUT2D eigenvalue weighted by molar-refractivity contribution is -0.135. The minimum absolute atomic E-state index is 0.162. The molecule has 0 spiro atoms. The molecule has 0 aromatic rings. The van der Waals surface area contributed by atoms with Crippen LogP contribution in [0, 0.1) is 5.41 Å². The highest BCUT2D eigenvalue weighted by Gasteiger charge is 2.42. The predicted molar refractivity (Wildman–Crippen MR) is 61.5 cm³/mol. The Hall–Kier alpha value is -0.610. The third-order valence-corrected chi connectivity index (χ3v) is 3.25. The molecular formula is C11H23N3O. The minimum atomic E-state index is -0.224. The van der Waals surface area contributed by atoms with E-state index in [0.29, 0.717) is 6.54 Å². The lowest BCUT2D eigenvalue weighted by Gasteiger charge is -2.39. The molecule has 4 heteroatoms. The molecule has 1 aliphatic rings. The maximum Gasteiger partial charge on any atom is 0.227 e. The summed E-state index contributed by atoms with van der Waals surface area (Å²) < 4.78 is 0. The normalized spacial score (nSPS) is 18.7. The summed E-state index contributed by atoms with van der Waals surface area (Å²) in [7, 11) is 4.07. The first-order chi connectivity index (χ1) is 7.10. The van der Waals surface area contributed by atoms with E-state index in [1.54, 1.807) is 0 Å². The Morgan fingerprint density at radius 2 is 2.13 bits per heavy atom. The van der Waals surface area contributed by atoms with Crippen LogP contribution in [0.1, 0.15) is 25.7 Å². The van der Waals surface area contributed by atoms with E-state index in [0.717, 1.165) is 38.8 Å². The Balaban J connectivity index is 2.18. The van der Waals surface area contributed by atoms with E-state index in [-0.39, 0.29) is 11.3 Å². The summed E-state index contributed by atoms with van der Waals surface area (Å²) in [5, 5.41) is 2.99. The van der Waals surface area contributed by atoms with E-state index in [9.17, 15) is 4.79 Å². The lowest BCUT2D eigenvalue weighted by Crippen LogP contribution is -2.50. The second-order valence-electron chi connectivity index (χ2n) is 4.75. The molecule has 0 aromatic heterocycles. The van der Waals surface area contributed by atoms with E-state index in [2.05, 4.69) is 10.2 Å². The zero-order valence-electron chi connectivity index (χ0n) is 9.88. The average Bonchev–Trinajstić information content (AvgIpc) is 2.11. The molecule has 0 atom stereocenters. The third kappa shape index (κ3) is 3.18. The monoisotopic (exact) mass is 213 g/mol. The Bertz CT molecular complexity index is 206. The number of amides is 1. The third-order valence-electron chi connectivity index (χ3n) is 3.25. The lowest BCUT2D eigenvalue weighted by atomic mass is 9.68. The van der Waals surface area contributed by atoms with Gasteiger partial charge in [-0.25, -0.2) is 0 Å². The van der Waals surface area contributed by atoms with Crippen molar-refractivity contribution in [1.29, 1.82) is 0 Å². The van der Waals surface area contributed by atoms with Crippen molar-refractivity contribution in [2.75, 3.05) is 33.7 Å². The Morgan fingerprint density at radius 3 is 2.53 bits per heavy atom. The molecule has 0 unspecified atom stereocenters. The molecule has 0 aromatic carbocycles. The van der Waals surface area contributed by atoms with Gasteiger partial charge in [0.25, 0.3) is 0 Å². The number of nitrogens with zero attached hydrogens (tertiary/aromatic N) is 1. The summed E-state index contributed by atoms with van der Waals surface area (Å²) in [4.78, 5) is 13.9. The number of nitrogens with two attached hydrogens (primary N) is 1. The molecule has 0 heterocycles.